The number of hydrogen-bond acceptors (Lipinski definition) is 3. The van der Waals surface area contributed by atoms with Crippen molar-refractivity contribution < 1.29 is 9.59 Å². The molecule has 132 valence electrons. The summed E-state index contributed by atoms with van der Waals surface area (Å²) in [6.45, 7) is 10.8. The van der Waals surface area contributed by atoms with E-state index in [1.807, 2.05) is 32.9 Å². The van der Waals surface area contributed by atoms with Gasteiger partial charge in [-0.05, 0) is 74.5 Å². The zero-order valence-corrected chi connectivity index (χ0v) is 15.7. The Morgan fingerprint density at radius 2 is 1.76 bits per heavy atom. The van der Waals surface area contributed by atoms with Gasteiger partial charge in [0.2, 0.25) is 0 Å². The first-order valence-corrected chi connectivity index (χ1v) is 9.21. The Morgan fingerprint density at radius 1 is 1.16 bits per heavy atom. The molecule has 1 spiro atoms. The van der Waals surface area contributed by atoms with Crippen LogP contribution in [0.1, 0.15) is 61.3 Å². The van der Waals surface area contributed by atoms with Gasteiger partial charge in [0.05, 0.1) is 0 Å². The predicted molar refractivity (Wildman–Crippen MR) is 99.6 cm³/mol. The molecule has 2 aliphatic rings. The van der Waals surface area contributed by atoms with Gasteiger partial charge in [0.25, 0.3) is 0 Å². The Balaban J connectivity index is 1.91. The molecule has 2 fully saturated rings. The SMILES string of the molecule is CC#Cc1cc(C)c(C2C(=O)CC3(CCN(CC)C3)CC2=O)c(C)c1. The van der Waals surface area contributed by atoms with Gasteiger partial charge in [-0.1, -0.05) is 12.8 Å². The molecule has 1 saturated heterocycles. The van der Waals surface area contributed by atoms with E-state index in [0.29, 0.717) is 12.8 Å². The Kier molecular flexibility index (Phi) is 4.84. The molecule has 25 heavy (non-hydrogen) atoms. The molecule has 1 aliphatic carbocycles. The minimum absolute atomic E-state index is 0.106. The third-order valence-electron chi connectivity index (χ3n) is 5.86. The molecule has 0 radical (unpaired) electrons. The van der Waals surface area contributed by atoms with Crippen LogP contribution in [-0.2, 0) is 9.59 Å². The fourth-order valence-electron chi connectivity index (χ4n) is 4.74. The highest BCUT2D eigenvalue weighted by molar-refractivity contribution is 6.10. The maximum Gasteiger partial charge on any atom is 0.148 e. The van der Waals surface area contributed by atoms with Gasteiger partial charge >= 0.3 is 0 Å². The standard InChI is InChI=1S/C22H27NO2/c1-5-7-17-10-15(3)20(16(4)11-17)21-18(24)12-22(13-19(21)25)8-9-23(6-2)14-22/h10-11,21H,6,8-9,12-14H2,1-4H3. The molecule has 0 bridgehead atoms. The highest BCUT2D eigenvalue weighted by atomic mass is 16.2. The van der Waals surface area contributed by atoms with E-state index < -0.39 is 5.92 Å². The lowest BCUT2D eigenvalue weighted by Gasteiger charge is -2.36. The van der Waals surface area contributed by atoms with Crippen LogP contribution in [0, 0.1) is 31.1 Å². The van der Waals surface area contributed by atoms with E-state index >= 15 is 0 Å². The molecule has 0 atom stereocenters. The first-order chi connectivity index (χ1) is 11.9. The molecule has 3 heteroatoms. The van der Waals surface area contributed by atoms with Crippen molar-refractivity contribution in [2.24, 2.45) is 5.41 Å². The van der Waals surface area contributed by atoms with Crippen molar-refractivity contribution in [2.75, 3.05) is 19.6 Å². The Morgan fingerprint density at radius 3 is 2.24 bits per heavy atom. The molecule has 1 aliphatic heterocycles. The van der Waals surface area contributed by atoms with E-state index in [4.69, 9.17) is 0 Å². The molecule has 0 aromatic heterocycles. The lowest BCUT2D eigenvalue weighted by molar-refractivity contribution is -0.136. The fourth-order valence-corrected chi connectivity index (χ4v) is 4.74. The zero-order valence-electron chi connectivity index (χ0n) is 15.7. The zero-order chi connectivity index (χ0) is 18.2. The largest absolute Gasteiger partial charge is 0.303 e. The number of hydrogen-bond donors (Lipinski definition) is 0. The topological polar surface area (TPSA) is 37.4 Å². The van der Waals surface area contributed by atoms with Crippen molar-refractivity contribution in [3.8, 4) is 11.8 Å². The maximum atomic E-state index is 13.0. The number of benzene rings is 1. The number of Topliss-reactive ketones (excluding diaryl/α,β-unsaturated/α-hetero) is 2. The van der Waals surface area contributed by atoms with Crippen LogP contribution in [0.15, 0.2) is 12.1 Å². The van der Waals surface area contributed by atoms with Crippen LogP contribution in [0.5, 0.6) is 0 Å². The average molecular weight is 337 g/mol. The first kappa shape index (κ1) is 17.9. The molecular formula is C22H27NO2. The molecule has 3 nitrogen and oxygen atoms in total. The molecule has 1 aromatic rings. The predicted octanol–water partition coefficient (Wildman–Crippen LogP) is 3.40. The van der Waals surface area contributed by atoms with Crippen LogP contribution in [0.4, 0.5) is 0 Å². The van der Waals surface area contributed by atoms with Crippen molar-refractivity contribution in [3.63, 3.8) is 0 Å². The van der Waals surface area contributed by atoms with Crippen molar-refractivity contribution in [3.05, 3.63) is 34.4 Å². The summed E-state index contributed by atoms with van der Waals surface area (Å²) in [5, 5.41) is 0. The second-order valence-corrected chi connectivity index (χ2v) is 7.74. The summed E-state index contributed by atoms with van der Waals surface area (Å²) >= 11 is 0. The van der Waals surface area contributed by atoms with Crippen LogP contribution in [0.25, 0.3) is 0 Å². The van der Waals surface area contributed by atoms with Crippen LogP contribution >= 0.6 is 0 Å². The Hall–Kier alpha value is -1.92. The minimum atomic E-state index is -0.579. The van der Waals surface area contributed by atoms with Crippen molar-refractivity contribution in [2.45, 2.75) is 52.9 Å². The monoisotopic (exact) mass is 337 g/mol. The van der Waals surface area contributed by atoms with Crippen molar-refractivity contribution in [1.29, 1.82) is 0 Å². The summed E-state index contributed by atoms with van der Waals surface area (Å²) < 4.78 is 0. The summed E-state index contributed by atoms with van der Waals surface area (Å²) in [5.41, 5.74) is 3.75. The van der Waals surface area contributed by atoms with Gasteiger partial charge in [-0.2, -0.15) is 0 Å². The van der Waals surface area contributed by atoms with Gasteiger partial charge in [0.1, 0.15) is 17.5 Å². The van der Waals surface area contributed by atoms with E-state index in [0.717, 1.165) is 48.3 Å². The highest BCUT2D eigenvalue weighted by Crippen LogP contribution is 2.45. The summed E-state index contributed by atoms with van der Waals surface area (Å²) in [4.78, 5) is 28.4. The molecule has 0 unspecified atom stereocenters. The van der Waals surface area contributed by atoms with Crippen LogP contribution in [-0.4, -0.2) is 36.1 Å². The summed E-state index contributed by atoms with van der Waals surface area (Å²) in [6, 6.07) is 4.00. The number of aryl methyl sites for hydroxylation is 2. The van der Waals surface area contributed by atoms with Crippen molar-refractivity contribution >= 4 is 11.6 Å². The second-order valence-electron chi connectivity index (χ2n) is 7.74. The van der Waals surface area contributed by atoms with Gasteiger partial charge in [-0.25, -0.2) is 0 Å². The molecule has 1 aromatic carbocycles. The maximum absolute atomic E-state index is 13.0. The normalized spacial score (nSPS) is 26.8. The van der Waals surface area contributed by atoms with Crippen LogP contribution < -0.4 is 0 Å². The van der Waals surface area contributed by atoms with Gasteiger partial charge in [0, 0.05) is 24.9 Å². The number of carbonyl (C=O) groups is 2. The number of carbonyl (C=O) groups excluding carboxylic acids is 2. The summed E-state index contributed by atoms with van der Waals surface area (Å²) in [7, 11) is 0. The smallest absolute Gasteiger partial charge is 0.148 e. The highest BCUT2D eigenvalue weighted by Gasteiger charge is 2.48. The molecule has 1 heterocycles. The summed E-state index contributed by atoms with van der Waals surface area (Å²) in [6.07, 6.45) is 2.04. The number of rotatable bonds is 2. The van der Waals surface area contributed by atoms with Crippen LogP contribution in [0.3, 0.4) is 0 Å². The van der Waals surface area contributed by atoms with E-state index in [1.165, 1.54) is 0 Å². The van der Waals surface area contributed by atoms with Gasteiger partial charge < -0.3 is 4.90 Å². The quantitative estimate of drug-likeness (QED) is 0.613. The number of ketones is 2. The molecule has 3 rings (SSSR count). The Labute approximate surface area is 150 Å². The molecular weight excluding hydrogens is 310 g/mol. The Bertz CT molecular complexity index is 740. The lowest BCUT2D eigenvalue weighted by Crippen LogP contribution is -2.41. The lowest BCUT2D eigenvalue weighted by atomic mass is 9.66. The van der Waals surface area contributed by atoms with Crippen molar-refractivity contribution in [1.82, 2.24) is 4.90 Å². The third-order valence-corrected chi connectivity index (χ3v) is 5.86. The molecule has 0 N–H and O–H groups in total. The molecule has 1 saturated carbocycles. The van der Waals surface area contributed by atoms with E-state index in [2.05, 4.69) is 23.7 Å². The molecule has 0 amide bonds. The third kappa shape index (κ3) is 3.28. The van der Waals surface area contributed by atoms with Crippen LogP contribution in [0.2, 0.25) is 0 Å². The van der Waals surface area contributed by atoms with E-state index in [9.17, 15) is 9.59 Å². The summed E-state index contributed by atoms with van der Waals surface area (Å²) in [5.74, 6) is 5.61. The first-order valence-electron chi connectivity index (χ1n) is 9.21. The fraction of sp³-hybridized carbons (Fsp3) is 0.545. The van der Waals surface area contributed by atoms with Gasteiger partial charge in [0.15, 0.2) is 0 Å². The van der Waals surface area contributed by atoms with Gasteiger partial charge in [-0.3, -0.25) is 9.59 Å². The number of likely N-dealkylation sites (tertiary alicyclic amines) is 1. The van der Waals surface area contributed by atoms with E-state index in [1.54, 1.807) is 0 Å². The number of nitrogens with zero attached hydrogens (tertiary/aromatic N) is 1. The minimum Gasteiger partial charge on any atom is -0.303 e. The second kappa shape index (κ2) is 6.77. The van der Waals surface area contributed by atoms with E-state index in [-0.39, 0.29) is 17.0 Å². The van der Waals surface area contributed by atoms with Gasteiger partial charge in [-0.15, -0.1) is 5.92 Å². The average Bonchev–Trinajstić information content (AvgIpc) is 2.92.